The van der Waals surface area contributed by atoms with Gasteiger partial charge in [-0.3, -0.25) is 14.6 Å². The van der Waals surface area contributed by atoms with Crippen LogP contribution >= 0.6 is 0 Å². The summed E-state index contributed by atoms with van der Waals surface area (Å²) in [5.74, 6) is 0.385. The lowest BCUT2D eigenvalue weighted by atomic mass is 10.2. The molecular weight excluding hydrogens is 202 g/mol. The van der Waals surface area contributed by atoms with Gasteiger partial charge in [0.1, 0.15) is 6.07 Å². The quantitative estimate of drug-likeness (QED) is 0.831. The van der Waals surface area contributed by atoms with Crippen molar-refractivity contribution in [3.63, 3.8) is 0 Å². The van der Waals surface area contributed by atoms with Crippen LogP contribution in [0.25, 0.3) is 10.9 Å². The molecule has 1 N–H and O–H groups in total. The summed E-state index contributed by atoms with van der Waals surface area (Å²) >= 11 is 0. The number of H-pyrrole nitrogens is 1. The minimum atomic E-state index is -0.0548. The fraction of sp³-hybridized carbons (Fsp3) is 0.333. The molecule has 2 rings (SSSR count). The fourth-order valence-corrected chi connectivity index (χ4v) is 1.77. The summed E-state index contributed by atoms with van der Waals surface area (Å²) in [6.45, 7) is 4.73. The van der Waals surface area contributed by atoms with Crippen LogP contribution in [0.2, 0.25) is 0 Å². The molecule has 0 amide bonds. The van der Waals surface area contributed by atoms with Gasteiger partial charge in [0, 0.05) is 6.54 Å². The molecule has 16 heavy (non-hydrogen) atoms. The first-order valence-corrected chi connectivity index (χ1v) is 5.25. The average molecular weight is 215 g/mol. The Morgan fingerprint density at radius 1 is 1.50 bits per heavy atom. The second-order valence-electron chi connectivity index (χ2n) is 4.26. The Balaban J connectivity index is 2.69. The van der Waals surface area contributed by atoms with E-state index in [1.165, 1.54) is 0 Å². The van der Waals surface area contributed by atoms with Crippen molar-refractivity contribution in [1.29, 1.82) is 5.26 Å². The van der Waals surface area contributed by atoms with Gasteiger partial charge in [-0.05, 0) is 18.1 Å². The van der Waals surface area contributed by atoms with Crippen molar-refractivity contribution < 1.29 is 0 Å². The van der Waals surface area contributed by atoms with E-state index in [4.69, 9.17) is 5.26 Å². The number of aromatic amines is 1. The highest BCUT2D eigenvalue weighted by molar-refractivity contribution is 5.83. The van der Waals surface area contributed by atoms with Crippen LogP contribution in [0.4, 0.5) is 0 Å². The molecule has 0 atom stereocenters. The Morgan fingerprint density at radius 3 is 2.88 bits per heavy atom. The van der Waals surface area contributed by atoms with Gasteiger partial charge in [-0.1, -0.05) is 19.9 Å². The van der Waals surface area contributed by atoms with Gasteiger partial charge in [0.15, 0.2) is 0 Å². The van der Waals surface area contributed by atoms with Gasteiger partial charge >= 0.3 is 0 Å². The van der Waals surface area contributed by atoms with E-state index in [9.17, 15) is 4.79 Å². The van der Waals surface area contributed by atoms with E-state index < -0.39 is 0 Å². The van der Waals surface area contributed by atoms with Gasteiger partial charge in [0.05, 0.1) is 16.5 Å². The standard InChI is InChI=1S/C12H13N3O/c1-8(2)7-15-12(16)10-5-3-4-9(6-13)11(10)14-15/h3-5,8,14H,7H2,1-2H3. The van der Waals surface area contributed by atoms with Crippen LogP contribution in [0, 0.1) is 17.2 Å². The Bertz CT molecular complexity index is 613. The molecule has 82 valence electrons. The van der Waals surface area contributed by atoms with Crippen LogP contribution in [0.15, 0.2) is 23.0 Å². The second-order valence-corrected chi connectivity index (χ2v) is 4.26. The predicted octanol–water partition coefficient (Wildman–Crippen LogP) is 1.86. The number of aromatic nitrogens is 2. The highest BCUT2D eigenvalue weighted by Gasteiger charge is 2.10. The van der Waals surface area contributed by atoms with E-state index in [1.54, 1.807) is 22.9 Å². The van der Waals surface area contributed by atoms with E-state index in [0.29, 0.717) is 28.9 Å². The molecule has 2 aromatic rings. The minimum absolute atomic E-state index is 0.0548. The lowest BCUT2D eigenvalue weighted by molar-refractivity contribution is 0.476. The van der Waals surface area contributed by atoms with Gasteiger partial charge < -0.3 is 0 Å². The third-order valence-corrected chi connectivity index (χ3v) is 2.45. The number of rotatable bonds is 2. The van der Waals surface area contributed by atoms with Crippen molar-refractivity contribution in [3.05, 3.63) is 34.1 Å². The SMILES string of the molecule is CC(C)Cn1[nH]c2c(C#N)cccc2c1=O. The number of hydrogen-bond donors (Lipinski definition) is 1. The minimum Gasteiger partial charge on any atom is -0.294 e. The van der Waals surface area contributed by atoms with Crippen molar-refractivity contribution in [2.75, 3.05) is 0 Å². The predicted molar refractivity (Wildman–Crippen MR) is 62.1 cm³/mol. The van der Waals surface area contributed by atoms with Crippen molar-refractivity contribution >= 4 is 10.9 Å². The number of fused-ring (bicyclic) bond motifs is 1. The molecule has 0 radical (unpaired) electrons. The molecule has 0 spiro atoms. The molecule has 0 aliphatic rings. The first kappa shape index (κ1) is 10.5. The maximum absolute atomic E-state index is 12.0. The van der Waals surface area contributed by atoms with E-state index in [2.05, 4.69) is 11.2 Å². The molecule has 0 aliphatic heterocycles. The van der Waals surface area contributed by atoms with Crippen LogP contribution in [0.3, 0.4) is 0 Å². The van der Waals surface area contributed by atoms with Crippen molar-refractivity contribution in [2.24, 2.45) is 5.92 Å². The normalized spacial score (nSPS) is 10.9. The summed E-state index contributed by atoms with van der Waals surface area (Å²) in [6.07, 6.45) is 0. The summed E-state index contributed by atoms with van der Waals surface area (Å²) in [4.78, 5) is 12.0. The second kappa shape index (κ2) is 3.86. The number of nitrogens with zero attached hydrogens (tertiary/aromatic N) is 2. The van der Waals surface area contributed by atoms with E-state index in [-0.39, 0.29) is 5.56 Å². The molecule has 0 aliphatic carbocycles. The lowest BCUT2D eigenvalue weighted by Gasteiger charge is -2.03. The summed E-state index contributed by atoms with van der Waals surface area (Å²) in [7, 11) is 0. The van der Waals surface area contributed by atoms with Crippen molar-refractivity contribution in [2.45, 2.75) is 20.4 Å². The van der Waals surface area contributed by atoms with Crippen LogP contribution < -0.4 is 5.56 Å². The number of hydrogen-bond acceptors (Lipinski definition) is 2. The molecule has 0 bridgehead atoms. The molecule has 1 aromatic heterocycles. The summed E-state index contributed by atoms with van der Waals surface area (Å²) in [6, 6.07) is 7.26. The average Bonchev–Trinajstić information content (AvgIpc) is 2.55. The molecule has 0 saturated carbocycles. The van der Waals surface area contributed by atoms with Crippen molar-refractivity contribution in [1.82, 2.24) is 9.78 Å². The Hall–Kier alpha value is -2.02. The van der Waals surface area contributed by atoms with E-state index in [1.807, 2.05) is 13.8 Å². The van der Waals surface area contributed by atoms with Gasteiger partial charge in [0.25, 0.3) is 5.56 Å². The molecule has 0 fully saturated rings. The third kappa shape index (κ3) is 1.61. The first-order valence-electron chi connectivity index (χ1n) is 5.25. The van der Waals surface area contributed by atoms with Crippen LogP contribution in [-0.2, 0) is 6.54 Å². The summed E-state index contributed by atoms with van der Waals surface area (Å²) < 4.78 is 1.57. The molecular formula is C12H13N3O. The summed E-state index contributed by atoms with van der Waals surface area (Å²) in [5, 5.41) is 12.5. The van der Waals surface area contributed by atoms with Gasteiger partial charge in [0.2, 0.25) is 0 Å². The Labute approximate surface area is 93.1 Å². The van der Waals surface area contributed by atoms with Gasteiger partial charge in [-0.25, -0.2) is 0 Å². The zero-order valence-corrected chi connectivity index (χ0v) is 9.32. The Kier molecular flexibility index (Phi) is 2.53. The zero-order valence-electron chi connectivity index (χ0n) is 9.32. The van der Waals surface area contributed by atoms with Crippen LogP contribution in [0.5, 0.6) is 0 Å². The molecule has 4 heteroatoms. The highest BCUT2D eigenvalue weighted by Crippen LogP contribution is 2.12. The highest BCUT2D eigenvalue weighted by atomic mass is 16.1. The van der Waals surface area contributed by atoms with E-state index in [0.717, 1.165) is 0 Å². The van der Waals surface area contributed by atoms with Gasteiger partial charge in [-0.15, -0.1) is 0 Å². The first-order chi connectivity index (χ1) is 7.63. The molecule has 0 saturated heterocycles. The number of para-hydroxylation sites is 1. The smallest absolute Gasteiger partial charge is 0.274 e. The van der Waals surface area contributed by atoms with Gasteiger partial charge in [-0.2, -0.15) is 5.26 Å². The maximum Gasteiger partial charge on any atom is 0.274 e. The van der Waals surface area contributed by atoms with Crippen LogP contribution in [-0.4, -0.2) is 9.78 Å². The third-order valence-electron chi connectivity index (χ3n) is 2.45. The fourth-order valence-electron chi connectivity index (χ4n) is 1.77. The maximum atomic E-state index is 12.0. The molecule has 1 aromatic carbocycles. The lowest BCUT2D eigenvalue weighted by Crippen LogP contribution is -2.19. The van der Waals surface area contributed by atoms with Crippen molar-refractivity contribution in [3.8, 4) is 6.07 Å². The molecule has 0 unspecified atom stereocenters. The van der Waals surface area contributed by atoms with E-state index >= 15 is 0 Å². The Morgan fingerprint density at radius 2 is 2.25 bits per heavy atom. The van der Waals surface area contributed by atoms with Crippen LogP contribution in [0.1, 0.15) is 19.4 Å². The zero-order chi connectivity index (χ0) is 11.7. The summed E-state index contributed by atoms with van der Waals surface area (Å²) in [5.41, 5.74) is 1.09. The topological polar surface area (TPSA) is 61.6 Å². The molecule has 1 heterocycles. The monoisotopic (exact) mass is 215 g/mol. The number of nitriles is 1. The molecule has 4 nitrogen and oxygen atoms in total. The largest absolute Gasteiger partial charge is 0.294 e. The number of nitrogens with one attached hydrogen (secondary N) is 1. The number of benzene rings is 1.